The molecule has 0 radical (unpaired) electrons. The van der Waals surface area contributed by atoms with Gasteiger partial charge in [0.2, 0.25) is 0 Å². The molecule has 3 aromatic rings. The molecule has 2 aliphatic rings. The Morgan fingerprint density at radius 2 is 1.83 bits per heavy atom. The molecule has 1 unspecified atom stereocenters. The monoisotopic (exact) mass is 485 g/mol. The van der Waals surface area contributed by atoms with E-state index in [2.05, 4.69) is 62.5 Å². The van der Waals surface area contributed by atoms with Crippen LogP contribution in [0.2, 0.25) is 0 Å². The summed E-state index contributed by atoms with van der Waals surface area (Å²) in [5.41, 5.74) is 11.1. The third kappa shape index (κ3) is 4.60. The summed E-state index contributed by atoms with van der Waals surface area (Å²) in [6, 6.07) is 17.0. The van der Waals surface area contributed by atoms with E-state index in [1.807, 2.05) is 12.1 Å². The van der Waals surface area contributed by atoms with Gasteiger partial charge < -0.3 is 20.3 Å². The van der Waals surface area contributed by atoms with Crippen LogP contribution in [0.4, 0.5) is 5.69 Å². The molecule has 0 amide bonds. The highest BCUT2D eigenvalue weighted by Crippen LogP contribution is 2.64. The lowest BCUT2D eigenvalue weighted by molar-refractivity contribution is -0.137. The van der Waals surface area contributed by atoms with Gasteiger partial charge in [0.15, 0.2) is 0 Å². The Balaban J connectivity index is 1.35. The van der Waals surface area contributed by atoms with Crippen LogP contribution < -0.4 is 10.1 Å². The van der Waals surface area contributed by atoms with Crippen LogP contribution in [0.5, 0.6) is 5.75 Å². The summed E-state index contributed by atoms with van der Waals surface area (Å²) in [5.74, 6) is 0.243. The maximum Gasteiger partial charge on any atom is 0.303 e. The van der Waals surface area contributed by atoms with Crippen LogP contribution in [0.3, 0.4) is 0 Å². The predicted octanol–water partition coefficient (Wildman–Crippen LogP) is 6.16. The summed E-state index contributed by atoms with van der Waals surface area (Å²) < 4.78 is 5.63. The number of anilines is 1. The standard InChI is InChI=1S/C31H35NO4/c1-19-13-25(36-12-11-33)14-20(2)30(19)26-6-4-5-22(21(26)3)18-32-24-7-8-27-23(15-24)17-31(9-10-31)28(27)16-29(34)35/h4-8,13-15,28,32-33H,9-12,16-18H2,1-3H3,(H,34,35). The number of nitrogens with one attached hydrogen (secondary N) is 1. The largest absolute Gasteiger partial charge is 0.491 e. The van der Waals surface area contributed by atoms with Crippen molar-refractivity contribution in [2.75, 3.05) is 18.5 Å². The van der Waals surface area contributed by atoms with Gasteiger partial charge in [-0.2, -0.15) is 0 Å². The topological polar surface area (TPSA) is 78.8 Å². The SMILES string of the molecule is Cc1cc(OCCO)cc(C)c1-c1cccc(CNc2ccc3c(c2)CC2(CC2)C3CC(=O)O)c1C. The van der Waals surface area contributed by atoms with E-state index >= 15 is 0 Å². The Labute approximate surface area is 213 Å². The maximum atomic E-state index is 11.4. The number of aliphatic hydroxyl groups excluding tert-OH is 1. The minimum Gasteiger partial charge on any atom is -0.491 e. The van der Waals surface area contributed by atoms with E-state index in [0.717, 1.165) is 48.4 Å². The summed E-state index contributed by atoms with van der Waals surface area (Å²) in [5, 5.41) is 22.1. The maximum absolute atomic E-state index is 11.4. The van der Waals surface area contributed by atoms with Crippen LogP contribution >= 0.6 is 0 Å². The Morgan fingerprint density at radius 1 is 1.08 bits per heavy atom. The highest BCUT2D eigenvalue weighted by atomic mass is 16.5. The zero-order valence-corrected chi connectivity index (χ0v) is 21.4. The van der Waals surface area contributed by atoms with Crippen molar-refractivity contribution in [3.63, 3.8) is 0 Å². The normalized spacial score (nSPS) is 17.2. The van der Waals surface area contributed by atoms with Crippen molar-refractivity contribution >= 4 is 11.7 Å². The molecule has 5 heteroatoms. The van der Waals surface area contributed by atoms with Crippen LogP contribution in [-0.4, -0.2) is 29.4 Å². The molecule has 0 aliphatic heterocycles. The Bertz CT molecular complexity index is 1280. The lowest BCUT2D eigenvalue weighted by atomic mass is 9.87. The lowest BCUT2D eigenvalue weighted by Gasteiger charge is -2.18. The third-order valence-corrected chi connectivity index (χ3v) is 8.14. The number of rotatable bonds is 9. The number of benzene rings is 3. The van der Waals surface area contributed by atoms with Gasteiger partial charge in [-0.15, -0.1) is 0 Å². The lowest BCUT2D eigenvalue weighted by Crippen LogP contribution is -2.13. The number of aliphatic hydroxyl groups is 1. The van der Waals surface area contributed by atoms with Gasteiger partial charge in [0.25, 0.3) is 0 Å². The van der Waals surface area contributed by atoms with E-state index < -0.39 is 5.97 Å². The Hall–Kier alpha value is -3.31. The van der Waals surface area contributed by atoms with Crippen molar-refractivity contribution in [3.8, 4) is 16.9 Å². The van der Waals surface area contributed by atoms with Gasteiger partial charge in [-0.05, 0) is 114 Å². The first kappa shape index (κ1) is 24.4. The van der Waals surface area contributed by atoms with E-state index in [0.29, 0.717) is 6.61 Å². The zero-order valence-electron chi connectivity index (χ0n) is 21.4. The number of ether oxygens (including phenoxy) is 1. The zero-order chi connectivity index (χ0) is 25.4. The van der Waals surface area contributed by atoms with Gasteiger partial charge >= 0.3 is 5.97 Å². The summed E-state index contributed by atoms with van der Waals surface area (Å²) >= 11 is 0. The van der Waals surface area contributed by atoms with Crippen molar-refractivity contribution in [1.82, 2.24) is 0 Å². The molecule has 36 heavy (non-hydrogen) atoms. The first-order chi connectivity index (χ1) is 17.3. The van der Waals surface area contributed by atoms with Crippen molar-refractivity contribution in [2.45, 2.75) is 58.9 Å². The summed E-state index contributed by atoms with van der Waals surface area (Å²) in [6.07, 6.45) is 3.52. The van der Waals surface area contributed by atoms with Crippen LogP contribution in [0.15, 0.2) is 48.5 Å². The van der Waals surface area contributed by atoms with Gasteiger partial charge in [0.05, 0.1) is 13.0 Å². The van der Waals surface area contributed by atoms with Gasteiger partial charge in [-0.1, -0.05) is 24.3 Å². The number of fused-ring (bicyclic) bond motifs is 1. The molecule has 3 N–H and O–H groups in total. The van der Waals surface area contributed by atoms with Crippen LogP contribution in [0.25, 0.3) is 11.1 Å². The van der Waals surface area contributed by atoms with E-state index in [1.165, 1.54) is 33.4 Å². The third-order valence-electron chi connectivity index (χ3n) is 8.14. The number of carboxylic acid groups (broad SMARTS) is 1. The molecular weight excluding hydrogens is 450 g/mol. The minimum absolute atomic E-state index is 0.00199. The second-order valence-corrected chi connectivity index (χ2v) is 10.6. The molecule has 5 rings (SSSR count). The molecule has 1 fully saturated rings. The van der Waals surface area contributed by atoms with Crippen LogP contribution in [0.1, 0.15) is 58.6 Å². The molecule has 2 aliphatic carbocycles. The molecule has 0 saturated heterocycles. The summed E-state index contributed by atoms with van der Waals surface area (Å²) in [7, 11) is 0. The fourth-order valence-electron chi connectivity index (χ4n) is 6.17. The average Bonchev–Trinajstić information content (AvgIpc) is 3.55. The Kier molecular flexibility index (Phi) is 6.52. The molecule has 0 aromatic heterocycles. The quantitative estimate of drug-likeness (QED) is 0.338. The van der Waals surface area contributed by atoms with Crippen molar-refractivity contribution < 1.29 is 19.7 Å². The van der Waals surface area contributed by atoms with Crippen LogP contribution in [-0.2, 0) is 17.8 Å². The van der Waals surface area contributed by atoms with Gasteiger partial charge in [-0.3, -0.25) is 4.79 Å². The second-order valence-electron chi connectivity index (χ2n) is 10.6. The Morgan fingerprint density at radius 3 is 2.50 bits per heavy atom. The fourth-order valence-corrected chi connectivity index (χ4v) is 6.17. The smallest absolute Gasteiger partial charge is 0.303 e. The van der Waals surface area contributed by atoms with Crippen molar-refractivity contribution in [2.24, 2.45) is 5.41 Å². The number of carbonyl (C=O) groups is 1. The molecule has 0 bridgehead atoms. The second kappa shape index (κ2) is 9.62. The van der Waals surface area contributed by atoms with E-state index in [1.54, 1.807) is 0 Å². The molecule has 3 aromatic carbocycles. The number of carboxylic acids is 1. The molecule has 1 spiro atoms. The van der Waals surface area contributed by atoms with Crippen LogP contribution in [0, 0.1) is 26.2 Å². The van der Waals surface area contributed by atoms with Crippen molar-refractivity contribution in [1.29, 1.82) is 0 Å². The average molecular weight is 486 g/mol. The predicted molar refractivity (Wildman–Crippen MR) is 143 cm³/mol. The highest BCUT2D eigenvalue weighted by Gasteiger charge is 2.54. The molecular formula is C31H35NO4. The number of aryl methyl sites for hydroxylation is 2. The summed E-state index contributed by atoms with van der Waals surface area (Å²) in [4.78, 5) is 11.4. The van der Waals surface area contributed by atoms with Gasteiger partial charge in [0, 0.05) is 18.2 Å². The van der Waals surface area contributed by atoms with E-state index in [4.69, 9.17) is 9.84 Å². The van der Waals surface area contributed by atoms with E-state index in [9.17, 15) is 9.90 Å². The number of hydrogen-bond donors (Lipinski definition) is 3. The molecule has 1 atom stereocenters. The van der Waals surface area contributed by atoms with E-state index in [-0.39, 0.29) is 24.4 Å². The molecule has 5 nitrogen and oxygen atoms in total. The summed E-state index contributed by atoms with van der Waals surface area (Å²) in [6.45, 7) is 7.40. The highest BCUT2D eigenvalue weighted by molar-refractivity contribution is 5.75. The minimum atomic E-state index is -0.700. The number of hydrogen-bond acceptors (Lipinski definition) is 4. The number of aliphatic carboxylic acids is 1. The first-order valence-corrected chi connectivity index (χ1v) is 12.8. The molecule has 188 valence electrons. The fraction of sp³-hybridized carbons (Fsp3) is 0.387. The van der Waals surface area contributed by atoms with Gasteiger partial charge in [0.1, 0.15) is 12.4 Å². The first-order valence-electron chi connectivity index (χ1n) is 12.8. The molecule has 1 saturated carbocycles. The molecule has 0 heterocycles. The van der Waals surface area contributed by atoms with Gasteiger partial charge in [-0.25, -0.2) is 0 Å². The van der Waals surface area contributed by atoms with Crippen molar-refractivity contribution in [3.05, 3.63) is 81.9 Å².